The Hall–Kier alpha value is -6.64. The second-order valence-electron chi connectivity index (χ2n) is 13.0. The van der Waals surface area contributed by atoms with E-state index in [1.165, 1.54) is 82.7 Å². The Labute approximate surface area is 290 Å². The molecule has 0 fully saturated rings. The topological polar surface area (TPSA) is 9.86 Å². The summed E-state index contributed by atoms with van der Waals surface area (Å²) < 4.78 is 4.80. The highest BCUT2D eigenvalue weighted by atomic mass is 15.0. The minimum Gasteiger partial charge on any atom is -0.309 e. The molecule has 0 amide bonds. The lowest BCUT2D eigenvalue weighted by atomic mass is 10.00. The van der Waals surface area contributed by atoms with E-state index in [1.54, 1.807) is 0 Å². The molecule has 0 spiro atoms. The maximum atomic E-state index is 2.43. The van der Waals surface area contributed by atoms with Crippen molar-refractivity contribution >= 4 is 43.6 Å². The Kier molecular flexibility index (Phi) is 6.53. The summed E-state index contributed by atoms with van der Waals surface area (Å²) in [5.74, 6) is 0. The summed E-state index contributed by atoms with van der Waals surface area (Å²) >= 11 is 0. The van der Waals surface area contributed by atoms with Crippen LogP contribution < -0.4 is 0 Å². The van der Waals surface area contributed by atoms with Crippen molar-refractivity contribution in [3.8, 4) is 44.8 Å². The van der Waals surface area contributed by atoms with Crippen LogP contribution in [-0.4, -0.2) is 9.13 Å². The first kappa shape index (κ1) is 28.4. The van der Waals surface area contributed by atoms with Crippen LogP contribution in [0.1, 0.15) is 0 Å². The summed E-state index contributed by atoms with van der Waals surface area (Å²) in [5.41, 5.74) is 14.4. The molecule has 2 nitrogen and oxygen atoms in total. The lowest BCUT2D eigenvalue weighted by Gasteiger charge is -2.11. The van der Waals surface area contributed by atoms with Crippen LogP contribution in [0.5, 0.6) is 0 Å². The molecule has 0 aliphatic heterocycles. The number of rotatable bonds is 5. The molecule has 10 aromatic rings. The molecule has 0 aliphatic rings. The van der Waals surface area contributed by atoms with Crippen molar-refractivity contribution in [3.05, 3.63) is 194 Å². The lowest BCUT2D eigenvalue weighted by Crippen LogP contribution is -1.94. The first-order valence-electron chi connectivity index (χ1n) is 17.2. The number of aromatic nitrogens is 2. The Bertz CT molecular complexity index is 2820. The van der Waals surface area contributed by atoms with Gasteiger partial charge in [-0.05, 0) is 94.0 Å². The summed E-state index contributed by atoms with van der Waals surface area (Å²) in [6.07, 6.45) is 0. The van der Waals surface area contributed by atoms with Crippen LogP contribution >= 0.6 is 0 Å². The van der Waals surface area contributed by atoms with Crippen LogP contribution in [0, 0.1) is 0 Å². The largest absolute Gasteiger partial charge is 0.309 e. The Morgan fingerprint density at radius 1 is 0.220 bits per heavy atom. The molecule has 234 valence electrons. The zero-order valence-corrected chi connectivity index (χ0v) is 27.4. The summed E-state index contributed by atoms with van der Waals surface area (Å²) in [6, 6.07) is 70.4. The third kappa shape index (κ3) is 4.57. The molecule has 2 aromatic heterocycles. The van der Waals surface area contributed by atoms with Crippen molar-refractivity contribution in [2.75, 3.05) is 0 Å². The minimum atomic E-state index is 1.15. The zero-order valence-electron chi connectivity index (χ0n) is 27.4. The number of benzene rings is 8. The summed E-state index contributed by atoms with van der Waals surface area (Å²) in [5, 5.41) is 5.01. The van der Waals surface area contributed by atoms with Crippen LogP contribution in [0.15, 0.2) is 194 Å². The smallest absolute Gasteiger partial charge is 0.0547 e. The third-order valence-electron chi connectivity index (χ3n) is 10.1. The first-order valence-corrected chi connectivity index (χ1v) is 17.2. The van der Waals surface area contributed by atoms with E-state index in [0.29, 0.717) is 0 Å². The van der Waals surface area contributed by atoms with Gasteiger partial charge in [0.1, 0.15) is 0 Å². The standard InChI is InChI=1S/C48H32N2/c1-4-12-33(13-5-1)35-20-25-40(26-21-35)50-47-28-23-36(34-14-6-2-7-15-34)30-44(47)42-27-22-38(32-48(42)50)37-24-29-46-43(31-37)41-18-10-11-19-45(41)49(46)39-16-8-3-9-17-39/h1-32H. The Morgan fingerprint density at radius 2 is 0.620 bits per heavy atom. The molecule has 0 saturated heterocycles. The van der Waals surface area contributed by atoms with Crippen molar-refractivity contribution < 1.29 is 0 Å². The van der Waals surface area contributed by atoms with Crippen LogP contribution in [-0.2, 0) is 0 Å². The monoisotopic (exact) mass is 636 g/mol. The van der Waals surface area contributed by atoms with E-state index >= 15 is 0 Å². The molecule has 10 rings (SSSR count). The van der Waals surface area contributed by atoms with Gasteiger partial charge in [0.05, 0.1) is 22.1 Å². The SMILES string of the molecule is c1ccc(-c2ccc(-n3c4ccc(-c5ccccc5)cc4c4ccc(-c5ccc6c(c5)c5ccccc5n6-c5ccccc5)cc43)cc2)cc1. The lowest BCUT2D eigenvalue weighted by molar-refractivity contribution is 1.18. The highest BCUT2D eigenvalue weighted by Crippen LogP contribution is 2.39. The van der Waals surface area contributed by atoms with Crippen molar-refractivity contribution in [3.63, 3.8) is 0 Å². The Balaban J connectivity index is 1.17. The first-order chi connectivity index (χ1) is 24.8. The van der Waals surface area contributed by atoms with E-state index in [9.17, 15) is 0 Å². The number of hydrogen-bond donors (Lipinski definition) is 0. The van der Waals surface area contributed by atoms with Crippen LogP contribution in [0.2, 0.25) is 0 Å². The van der Waals surface area contributed by atoms with Gasteiger partial charge in [-0.3, -0.25) is 0 Å². The molecule has 0 N–H and O–H groups in total. The molecule has 50 heavy (non-hydrogen) atoms. The molecule has 0 atom stereocenters. The molecule has 2 heterocycles. The second kappa shape index (κ2) is 11.5. The van der Waals surface area contributed by atoms with E-state index in [1.807, 2.05) is 0 Å². The zero-order chi connectivity index (χ0) is 33.0. The van der Waals surface area contributed by atoms with E-state index in [4.69, 9.17) is 0 Å². The van der Waals surface area contributed by atoms with Gasteiger partial charge in [0.2, 0.25) is 0 Å². The maximum Gasteiger partial charge on any atom is 0.0547 e. The second-order valence-corrected chi connectivity index (χ2v) is 13.0. The summed E-state index contributed by atoms with van der Waals surface area (Å²) in [6.45, 7) is 0. The molecule has 0 bridgehead atoms. The highest BCUT2D eigenvalue weighted by molar-refractivity contribution is 6.13. The Morgan fingerprint density at radius 3 is 1.28 bits per heavy atom. The quantitative estimate of drug-likeness (QED) is 0.178. The fraction of sp³-hybridized carbons (Fsp3) is 0. The normalized spacial score (nSPS) is 11.6. The van der Waals surface area contributed by atoms with Gasteiger partial charge in [-0.25, -0.2) is 0 Å². The van der Waals surface area contributed by atoms with Gasteiger partial charge in [-0.2, -0.15) is 0 Å². The predicted octanol–water partition coefficient (Wildman–Crippen LogP) is 12.9. The molecule has 0 saturated carbocycles. The minimum absolute atomic E-state index is 1.15. The van der Waals surface area contributed by atoms with Crippen molar-refractivity contribution in [1.29, 1.82) is 0 Å². The van der Waals surface area contributed by atoms with E-state index in [-0.39, 0.29) is 0 Å². The maximum absolute atomic E-state index is 2.43. The molecule has 0 unspecified atom stereocenters. The molecular formula is C48H32N2. The molecule has 8 aromatic carbocycles. The molecular weight excluding hydrogens is 605 g/mol. The number of hydrogen-bond acceptors (Lipinski definition) is 0. The number of nitrogens with zero attached hydrogens (tertiary/aromatic N) is 2. The average molecular weight is 637 g/mol. The fourth-order valence-corrected chi connectivity index (χ4v) is 7.73. The van der Waals surface area contributed by atoms with Crippen LogP contribution in [0.4, 0.5) is 0 Å². The molecule has 2 heteroatoms. The third-order valence-corrected chi connectivity index (χ3v) is 10.1. The van der Waals surface area contributed by atoms with Crippen molar-refractivity contribution in [2.24, 2.45) is 0 Å². The van der Waals surface area contributed by atoms with Crippen LogP contribution in [0.25, 0.3) is 88.4 Å². The van der Waals surface area contributed by atoms with Crippen molar-refractivity contribution in [2.45, 2.75) is 0 Å². The summed E-state index contributed by atoms with van der Waals surface area (Å²) in [7, 11) is 0. The fourth-order valence-electron chi connectivity index (χ4n) is 7.73. The summed E-state index contributed by atoms with van der Waals surface area (Å²) in [4.78, 5) is 0. The van der Waals surface area contributed by atoms with Gasteiger partial charge < -0.3 is 9.13 Å². The van der Waals surface area contributed by atoms with Crippen LogP contribution in [0.3, 0.4) is 0 Å². The van der Waals surface area contributed by atoms with Gasteiger partial charge in [0.15, 0.2) is 0 Å². The van der Waals surface area contributed by atoms with Gasteiger partial charge in [0.25, 0.3) is 0 Å². The van der Waals surface area contributed by atoms with E-state index in [2.05, 4.69) is 203 Å². The highest BCUT2D eigenvalue weighted by Gasteiger charge is 2.17. The molecule has 0 radical (unpaired) electrons. The van der Waals surface area contributed by atoms with Gasteiger partial charge in [-0.1, -0.05) is 133 Å². The molecule has 0 aliphatic carbocycles. The predicted molar refractivity (Wildman–Crippen MR) is 211 cm³/mol. The average Bonchev–Trinajstić information content (AvgIpc) is 3.70. The van der Waals surface area contributed by atoms with Crippen molar-refractivity contribution in [1.82, 2.24) is 9.13 Å². The van der Waals surface area contributed by atoms with Gasteiger partial charge >= 0.3 is 0 Å². The number of para-hydroxylation sites is 2. The van der Waals surface area contributed by atoms with E-state index < -0.39 is 0 Å². The van der Waals surface area contributed by atoms with Gasteiger partial charge in [0, 0.05) is 32.9 Å². The van der Waals surface area contributed by atoms with E-state index in [0.717, 1.165) is 5.69 Å². The van der Waals surface area contributed by atoms with Gasteiger partial charge in [-0.15, -0.1) is 0 Å². The number of fused-ring (bicyclic) bond motifs is 6.